The molecule has 2 rings (SSSR count). The highest BCUT2D eigenvalue weighted by molar-refractivity contribution is 7.87. The lowest BCUT2D eigenvalue weighted by Crippen LogP contribution is -2.47. The number of nitrogens with zero attached hydrogens (tertiary/aromatic N) is 2. The van der Waals surface area contributed by atoms with Gasteiger partial charge in [0.05, 0.1) is 6.54 Å². The van der Waals surface area contributed by atoms with Gasteiger partial charge in [-0.15, -0.1) is 0 Å². The lowest BCUT2D eigenvalue weighted by molar-refractivity contribution is -0.115. The average Bonchev–Trinajstić information content (AvgIpc) is 2.46. The first-order valence-electron chi connectivity index (χ1n) is 6.93. The molecule has 0 radical (unpaired) electrons. The topological polar surface area (TPSA) is 91.4 Å². The van der Waals surface area contributed by atoms with Crippen molar-refractivity contribution in [1.82, 2.24) is 14.0 Å². The van der Waals surface area contributed by atoms with E-state index in [0.717, 1.165) is 12.8 Å². The van der Waals surface area contributed by atoms with Gasteiger partial charge in [-0.25, -0.2) is 4.98 Å². The standard InChI is InChI=1S/C13H20N4O3S/c1-11-5-4-8-17(10-11)21(19,20)15-9-13(18)16-12-6-2-3-7-14-12/h2-3,6-7,11,15H,4-5,8-10H2,1H3,(H,14,16,18)/t11-/m1/s1. The second kappa shape index (κ2) is 6.97. The molecular formula is C13H20N4O3S. The molecule has 0 bridgehead atoms. The summed E-state index contributed by atoms with van der Waals surface area (Å²) in [6.07, 6.45) is 3.43. The van der Waals surface area contributed by atoms with Crippen molar-refractivity contribution in [1.29, 1.82) is 0 Å². The Hall–Kier alpha value is -1.51. The summed E-state index contributed by atoms with van der Waals surface area (Å²) in [5, 5.41) is 2.53. The normalized spacial score (nSPS) is 20.1. The summed E-state index contributed by atoms with van der Waals surface area (Å²) in [6.45, 7) is 2.72. The molecule has 1 amide bonds. The Kier molecular flexibility index (Phi) is 5.27. The van der Waals surface area contributed by atoms with E-state index >= 15 is 0 Å². The molecule has 1 saturated heterocycles. The Morgan fingerprint density at radius 2 is 2.29 bits per heavy atom. The van der Waals surface area contributed by atoms with E-state index < -0.39 is 16.1 Å². The number of piperidine rings is 1. The molecular weight excluding hydrogens is 292 g/mol. The van der Waals surface area contributed by atoms with E-state index in [1.807, 2.05) is 6.92 Å². The van der Waals surface area contributed by atoms with Crippen LogP contribution < -0.4 is 10.0 Å². The number of carbonyl (C=O) groups is 1. The van der Waals surface area contributed by atoms with Gasteiger partial charge < -0.3 is 5.32 Å². The predicted molar refractivity (Wildman–Crippen MR) is 79.8 cm³/mol. The van der Waals surface area contributed by atoms with Crippen LogP contribution in [0.1, 0.15) is 19.8 Å². The molecule has 21 heavy (non-hydrogen) atoms. The quantitative estimate of drug-likeness (QED) is 0.832. The molecule has 1 aromatic heterocycles. The van der Waals surface area contributed by atoms with E-state index in [1.54, 1.807) is 24.4 Å². The minimum absolute atomic E-state index is 0.302. The first-order valence-corrected chi connectivity index (χ1v) is 8.37. The smallest absolute Gasteiger partial charge is 0.279 e. The van der Waals surface area contributed by atoms with E-state index in [9.17, 15) is 13.2 Å². The molecule has 2 heterocycles. The van der Waals surface area contributed by atoms with Crippen LogP contribution in [0.25, 0.3) is 0 Å². The molecule has 0 aliphatic carbocycles. The number of hydrogen-bond acceptors (Lipinski definition) is 4. The van der Waals surface area contributed by atoms with Crippen LogP contribution in [0.2, 0.25) is 0 Å². The summed E-state index contributed by atoms with van der Waals surface area (Å²) in [5.41, 5.74) is 0. The van der Waals surface area contributed by atoms with Gasteiger partial charge in [0, 0.05) is 19.3 Å². The molecule has 116 valence electrons. The highest BCUT2D eigenvalue weighted by Gasteiger charge is 2.27. The number of amides is 1. The third-order valence-corrected chi connectivity index (χ3v) is 4.83. The molecule has 1 fully saturated rings. The van der Waals surface area contributed by atoms with Crippen LogP contribution in [0.5, 0.6) is 0 Å². The average molecular weight is 312 g/mol. The third-order valence-electron chi connectivity index (χ3n) is 3.31. The maximum atomic E-state index is 12.1. The number of nitrogens with one attached hydrogen (secondary N) is 2. The molecule has 0 saturated carbocycles. The minimum Gasteiger partial charge on any atom is -0.310 e. The fraction of sp³-hybridized carbons (Fsp3) is 0.538. The van der Waals surface area contributed by atoms with Gasteiger partial charge in [0.15, 0.2) is 0 Å². The fourth-order valence-corrected chi connectivity index (χ4v) is 3.55. The van der Waals surface area contributed by atoms with Gasteiger partial charge >= 0.3 is 0 Å². The first kappa shape index (κ1) is 15.9. The zero-order valence-corrected chi connectivity index (χ0v) is 12.8. The number of rotatable bonds is 5. The Labute approximate surface area is 124 Å². The molecule has 8 heteroatoms. The lowest BCUT2D eigenvalue weighted by Gasteiger charge is -2.29. The predicted octanol–water partition coefficient (Wildman–Crippen LogP) is 0.586. The summed E-state index contributed by atoms with van der Waals surface area (Å²) in [5.74, 6) is 0.299. The second-order valence-electron chi connectivity index (χ2n) is 5.19. The zero-order valence-electron chi connectivity index (χ0n) is 11.9. The van der Waals surface area contributed by atoms with Crippen LogP contribution in [0.15, 0.2) is 24.4 Å². The Morgan fingerprint density at radius 1 is 1.48 bits per heavy atom. The number of pyridine rings is 1. The number of aromatic nitrogens is 1. The zero-order chi connectivity index (χ0) is 15.3. The highest BCUT2D eigenvalue weighted by Crippen LogP contribution is 2.17. The van der Waals surface area contributed by atoms with Crippen LogP contribution in [0.4, 0.5) is 5.82 Å². The van der Waals surface area contributed by atoms with Crippen LogP contribution in [0, 0.1) is 5.92 Å². The van der Waals surface area contributed by atoms with Crippen molar-refractivity contribution in [2.24, 2.45) is 5.92 Å². The molecule has 1 aromatic rings. The molecule has 0 aromatic carbocycles. The highest BCUT2D eigenvalue weighted by atomic mass is 32.2. The van der Waals surface area contributed by atoms with Crippen molar-refractivity contribution in [2.75, 3.05) is 25.0 Å². The van der Waals surface area contributed by atoms with Crippen LogP contribution in [-0.2, 0) is 15.0 Å². The van der Waals surface area contributed by atoms with Crippen molar-refractivity contribution in [3.63, 3.8) is 0 Å². The van der Waals surface area contributed by atoms with Crippen molar-refractivity contribution in [3.8, 4) is 0 Å². The SMILES string of the molecule is C[C@@H]1CCCN(S(=O)(=O)NCC(=O)Nc2ccccn2)C1. The van der Waals surface area contributed by atoms with Gasteiger partial charge in [0.2, 0.25) is 5.91 Å². The van der Waals surface area contributed by atoms with Crippen LogP contribution in [-0.4, -0.2) is 43.2 Å². The second-order valence-corrected chi connectivity index (χ2v) is 6.95. The van der Waals surface area contributed by atoms with Gasteiger partial charge in [-0.2, -0.15) is 17.4 Å². The molecule has 0 unspecified atom stereocenters. The van der Waals surface area contributed by atoms with E-state index in [0.29, 0.717) is 24.8 Å². The molecule has 2 N–H and O–H groups in total. The fourth-order valence-electron chi connectivity index (χ4n) is 2.24. The summed E-state index contributed by atoms with van der Waals surface area (Å²) >= 11 is 0. The maximum absolute atomic E-state index is 12.1. The van der Waals surface area contributed by atoms with E-state index in [1.165, 1.54) is 4.31 Å². The summed E-state index contributed by atoms with van der Waals surface area (Å²) in [7, 11) is -3.60. The van der Waals surface area contributed by atoms with E-state index in [-0.39, 0.29) is 6.54 Å². The summed E-state index contributed by atoms with van der Waals surface area (Å²) in [4.78, 5) is 15.7. The Morgan fingerprint density at radius 3 is 2.95 bits per heavy atom. The molecule has 1 aliphatic rings. The van der Waals surface area contributed by atoms with Crippen LogP contribution in [0.3, 0.4) is 0 Å². The monoisotopic (exact) mass is 312 g/mol. The third kappa shape index (κ3) is 4.76. The molecule has 1 aliphatic heterocycles. The lowest BCUT2D eigenvalue weighted by atomic mass is 10.0. The van der Waals surface area contributed by atoms with Crippen molar-refractivity contribution < 1.29 is 13.2 Å². The molecule has 0 spiro atoms. The van der Waals surface area contributed by atoms with E-state index in [2.05, 4.69) is 15.0 Å². The number of hydrogen-bond donors (Lipinski definition) is 2. The Bertz CT molecular complexity index is 576. The van der Waals surface area contributed by atoms with Crippen molar-refractivity contribution in [2.45, 2.75) is 19.8 Å². The maximum Gasteiger partial charge on any atom is 0.279 e. The largest absolute Gasteiger partial charge is 0.310 e. The van der Waals surface area contributed by atoms with Crippen molar-refractivity contribution in [3.05, 3.63) is 24.4 Å². The van der Waals surface area contributed by atoms with Gasteiger partial charge in [0.1, 0.15) is 5.82 Å². The number of anilines is 1. The van der Waals surface area contributed by atoms with Gasteiger partial charge in [-0.3, -0.25) is 4.79 Å². The van der Waals surface area contributed by atoms with Gasteiger partial charge in [-0.1, -0.05) is 13.0 Å². The first-order chi connectivity index (χ1) is 9.97. The Balaban J connectivity index is 1.85. The van der Waals surface area contributed by atoms with Gasteiger partial charge in [0.25, 0.3) is 10.2 Å². The summed E-state index contributed by atoms with van der Waals surface area (Å²) in [6, 6.07) is 5.11. The van der Waals surface area contributed by atoms with Crippen LogP contribution >= 0.6 is 0 Å². The van der Waals surface area contributed by atoms with Crippen molar-refractivity contribution >= 4 is 21.9 Å². The van der Waals surface area contributed by atoms with E-state index in [4.69, 9.17) is 0 Å². The van der Waals surface area contributed by atoms with Gasteiger partial charge in [-0.05, 0) is 30.9 Å². The molecule has 1 atom stereocenters. The summed E-state index contributed by atoms with van der Waals surface area (Å²) < 4.78 is 27.9. The number of carbonyl (C=O) groups excluding carboxylic acids is 1. The minimum atomic E-state index is -3.60. The molecule has 7 nitrogen and oxygen atoms in total.